The largest absolute Gasteiger partial charge is 0.389 e. The second kappa shape index (κ2) is 3.75. The van der Waals surface area contributed by atoms with Gasteiger partial charge in [0.15, 0.2) is 5.65 Å². The number of hydrogen-bond donors (Lipinski definition) is 2. The summed E-state index contributed by atoms with van der Waals surface area (Å²) in [6.45, 7) is 5.89. The molecule has 0 fully saturated rings. The van der Waals surface area contributed by atoms with Crippen molar-refractivity contribution >= 4 is 11.3 Å². The van der Waals surface area contributed by atoms with Gasteiger partial charge >= 0.3 is 0 Å². The number of pyridine rings is 1. The van der Waals surface area contributed by atoms with Gasteiger partial charge in [0.2, 0.25) is 0 Å². The first-order chi connectivity index (χ1) is 7.47. The average Bonchev–Trinajstić information content (AvgIpc) is 2.57. The van der Waals surface area contributed by atoms with E-state index in [0.717, 1.165) is 17.2 Å². The molecule has 2 aromatic heterocycles. The topological polar surface area (TPSA) is 62.5 Å². The van der Waals surface area contributed by atoms with Gasteiger partial charge in [-0.1, -0.05) is 0 Å². The van der Waals surface area contributed by atoms with Crippen LogP contribution in [0.3, 0.4) is 0 Å². The zero-order chi connectivity index (χ0) is 11.8. The molecule has 5 heteroatoms. The van der Waals surface area contributed by atoms with Crippen LogP contribution in [0.2, 0.25) is 0 Å². The number of anilines is 1. The highest BCUT2D eigenvalue weighted by Crippen LogP contribution is 2.16. The van der Waals surface area contributed by atoms with Gasteiger partial charge in [0.25, 0.3) is 0 Å². The van der Waals surface area contributed by atoms with E-state index in [1.54, 1.807) is 13.8 Å². The smallest absolute Gasteiger partial charge is 0.184 e. The predicted octanol–water partition coefficient (Wildman–Crippen LogP) is 1.22. The Labute approximate surface area is 94.1 Å². The van der Waals surface area contributed by atoms with Crippen molar-refractivity contribution in [1.29, 1.82) is 0 Å². The zero-order valence-electron chi connectivity index (χ0n) is 9.73. The van der Waals surface area contributed by atoms with Crippen LogP contribution in [0.15, 0.2) is 18.3 Å². The summed E-state index contributed by atoms with van der Waals surface area (Å²) in [5.41, 5.74) is 0.913. The van der Waals surface area contributed by atoms with Crippen molar-refractivity contribution in [2.24, 2.45) is 0 Å². The van der Waals surface area contributed by atoms with E-state index in [4.69, 9.17) is 0 Å². The molecule has 0 spiro atoms. The highest BCUT2D eigenvalue weighted by Gasteiger charge is 2.13. The Balaban J connectivity index is 2.31. The summed E-state index contributed by atoms with van der Waals surface area (Å²) in [6, 6.07) is 3.85. The molecule has 0 saturated carbocycles. The Morgan fingerprint density at radius 2 is 2.19 bits per heavy atom. The van der Waals surface area contributed by atoms with E-state index >= 15 is 0 Å². The highest BCUT2D eigenvalue weighted by atomic mass is 16.3. The maximum atomic E-state index is 9.65. The van der Waals surface area contributed by atoms with Crippen LogP contribution in [0, 0.1) is 6.92 Å². The molecule has 0 aliphatic carbocycles. The fourth-order valence-corrected chi connectivity index (χ4v) is 1.48. The van der Waals surface area contributed by atoms with Gasteiger partial charge < -0.3 is 10.4 Å². The number of aryl methyl sites for hydroxylation is 1. The number of nitrogens with zero attached hydrogens (tertiary/aromatic N) is 3. The SMILES string of the molecule is Cc1nnc2c(NCC(C)(C)O)cccn12. The summed E-state index contributed by atoms with van der Waals surface area (Å²) in [4.78, 5) is 0. The number of aliphatic hydroxyl groups is 1. The molecule has 2 N–H and O–H groups in total. The zero-order valence-corrected chi connectivity index (χ0v) is 9.73. The summed E-state index contributed by atoms with van der Waals surface area (Å²) in [6.07, 6.45) is 1.92. The Morgan fingerprint density at radius 3 is 2.88 bits per heavy atom. The second-order valence-electron chi connectivity index (χ2n) is 4.53. The molecular weight excluding hydrogens is 204 g/mol. The second-order valence-corrected chi connectivity index (χ2v) is 4.53. The third-order valence-electron chi connectivity index (χ3n) is 2.32. The maximum Gasteiger partial charge on any atom is 0.184 e. The van der Waals surface area contributed by atoms with E-state index in [-0.39, 0.29) is 0 Å². The number of aromatic nitrogens is 3. The van der Waals surface area contributed by atoms with Crippen molar-refractivity contribution in [3.63, 3.8) is 0 Å². The molecule has 2 rings (SSSR count). The first-order valence-electron chi connectivity index (χ1n) is 5.24. The van der Waals surface area contributed by atoms with Crippen LogP contribution < -0.4 is 5.32 Å². The lowest BCUT2D eigenvalue weighted by Gasteiger charge is -2.18. The molecule has 0 amide bonds. The Kier molecular flexibility index (Phi) is 2.55. The maximum absolute atomic E-state index is 9.65. The molecular formula is C11H16N4O. The lowest BCUT2D eigenvalue weighted by atomic mass is 10.1. The van der Waals surface area contributed by atoms with Crippen LogP contribution in [0.5, 0.6) is 0 Å². The average molecular weight is 220 g/mol. The van der Waals surface area contributed by atoms with Crippen molar-refractivity contribution in [2.45, 2.75) is 26.4 Å². The van der Waals surface area contributed by atoms with Gasteiger partial charge in [0, 0.05) is 12.7 Å². The fraction of sp³-hybridized carbons (Fsp3) is 0.455. The van der Waals surface area contributed by atoms with E-state index in [1.165, 1.54) is 0 Å². The van der Waals surface area contributed by atoms with Gasteiger partial charge in [-0.05, 0) is 32.9 Å². The predicted molar refractivity (Wildman–Crippen MR) is 62.5 cm³/mol. The van der Waals surface area contributed by atoms with Crippen molar-refractivity contribution in [3.8, 4) is 0 Å². The normalized spacial score (nSPS) is 12.0. The standard InChI is InChI=1S/C11H16N4O/c1-8-13-14-10-9(5-4-6-15(8)10)12-7-11(2,3)16/h4-6,12,16H,7H2,1-3H3. The first-order valence-corrected chi connectivity index (χ1v) is 5.24. The highest BCUT2D eigenvalue weighted by molar-refractivity contribution is 5.67. The molecule has 2 aromatic rings. The van der Waals surface area contributed by atoms with Crippen molar-refractivity contribution in [1.82, 2.24) is 14.6 Å². The molecule has 0 saturated heterocycles. The minimum atomic E-state index is -0.748. The van der Waals surface area contributed by atoms with Crippen molar-refractivity contribution in [3.05, 3.63) is 24.2 Å². The van der Waals surface area contributed by atoms with Gasteiger partial charge in [-0.2, -0.15) is 0 Å². The lowest BCUT2D eigenvalue weighted by molar-refractivity contribution is 0.0945. The van der Waals surface area contributed by atoms with Gasteiger partial charge in [0.05, 0.1) is 11.3 Å². The minimum absolute atomic E-state index is 0.471. The minimum Gasteiger partial charge on any atom is -0.389 e. The van der Waals surface area contributed by atoms with E-state index in [2.05, 4.69) is 15.5 Å². The summed E-state index contributed by atoms with van der Waals surface area (Å²) in [5, 5.41) is 20.9. The van der Waals surface area contributed by atoms with Crippen LogP contribution in [-0.2, 0) is 0 Å². The molecule has 5 nitrogen and oxygen atoms in total. The molecule has 16 heavy (non-hydrogen) atoms. The third kappa shape index (κ3) is 2.14. The van der Waals surface area contributed by atoms with E-state index in [9.17, 15) is 5.11 Å². The van der Waals surface area contributed by atoms with Crippen LogP contribution in [0.4, 0.5) is 5.69 Å². The summed E-state index contributed by atoms with van der Waals surface area (Å²) >= 11 is 0. The molecule has 86 valence electrons. The molecule has 0 unspecified atom stereocenters. The van der Waals surface area contributed by atoms with Crippen LogP contribution in [0.1, 0.15) is 19.7 Å². The van der Waals surface area contributed by atoms with Crippen LogP contribution >= 0.6 is 0 Å². The summed E-state index contributed by atoms with van der Waals surface area (Å²) in [5.74, 6) is 0.849. The Morgan fingerprint density at radius 1 is 1.44 bits per heavy atom. The molecule has 0 aromatic carbocycles. The van der Waals surface area contributed by atoms with Gasteiger partial charge in [-0.15, -0.1) is 10.2 Å². The molecule has 0 radical (unpaired) electrons. The van der Waals surface area contributed by atoms with Crippen molar-refractivity contribution in [2.75, 3.05) is 11.9 Å². The molecule has 0 aliphatic heterocycles. The number of hydrogen-bond acceptors (Lipinski definition) is 4. The van der Waals surface area contributed by atoms with Gasteiger partial charge in [0.1, 0.15) is 5.82 Å². The summed E-state index contributed by atoms with van der Waals surface area (Å²) in [7, 11) is 0. The Hall–Kier alpha value is -1.62. The van der Waals surface area contributed by atoms with Crippen molar-refractivity contribution < 1.29 is 5.11 Å². The fourth-order valence-electron chi connectivity index (χ4n) is 1.48. The van der Waals surface area contributed by atoms with Gasteiger partial charge in [-0.25, -0.2) is 0 Å². The van der Waals surface area contributed by atoms with E-state index < -0.39 is 5.60 Å². The monoisotopic (exact) mass is 220 g/mol. The molecule has 0 atom stereocenters. The lowest BCUT2D eigenvalue weighted by Crippen LogP contribution is -2.29. The number of nitrogens with one attached hydrogen (secondary N) is 1. The Bertz CT molecular complexity index is 498. The van der Waals surface area contributed by atoms with E-state index in [1.807, 2.05) is 29.7 Å². The van der Waals surface area contributed by atoms with Crippen LogP contribution in [-0.4, -0.2) is 31.9 Å². The third-order valence-corrected chi connectivity index (χ3v) is 2.32. The summed E-state index contributed by atoms with van der Waals surface area (Å²) < 4.78 is 1.91. The van der Waals surface area contributed by atoms with Crippen LogP contribution in [0.25, 0.3) is 5.65 Å². The number of rotatable bonds is 3. The molecule has 2 heterocycles. The van der Waals surface area contributed by atoms with Gasteiger partial charge in [-0.3, -0.25) is 4.40 Å². The molecule has 0 aliphatic rings. The number of fused-ring (bicyclic) bond motifs is 1. The quantitative estimate of drug-likeness (QED) is 0.816. The first kappa shape index (κ1) is 10.9. The molecule has 0 bridgehead atoms. The van der Waals surface area contributed by atoms with E-state index in [0.29, 0.717) is 6.54 Å².